The Morgan fingerprint density at radius 2 is 1.72 bits per heavy atom. The highest BCUT2D eigenvalue weighted by Crippen LogP contribution is 2.33. The van der Waals surface area contributed by atoms with E-state index in [1.807, 2.05) is 6.92 Å². The van der Waals surface area contributed by atoms with Crippen molar-refractivity contribution in [1.82, 2.24) is 9.97 Å². The number of rotatable bonds is 4. The molecule has 0 fully saturated rings. The first kappa shape index (κ1) is 19.8. The Morgan fingerprint density at radius 1 is 0.966 bits per heavy atom. The van der Waals surface area contributed by atoms with E-state index in [0.29, 0.717) is 6.61 Å². The van der Waals surface area contributed by atoms with Crippen molar-refractivity contribution in [3.05, 3.63) is 46.9 Å². The van der Waals surface area contributed by atoms with Gasteiger partial charge in [-0.05, 0) is 69.4 Å². The normalized spacial score (nSPS) is 19.4. The molecule has 0 aromatic carbocycles. The van der Waals surface area contributed by atoms with Crippen molar-refractivity contribution >= 4 is 11.8 Å². The molecule has 4 rings (SSSR count). The third kappa shape index (κ3) is 4.92. The quantitative estimate of drug-likeness (QED) is 0.581. The fourth-order valence-corrected chi connectivity index (χ4v) is 4.27. The van der Waals surface area contributed by atoms with E-state index < -0.39 is 0 Å². The first-order valence-corrected chi connectivity index (χ1v) is 11.2. The molecule has 2 aliphatic rings. The Bertz CT molecular complexity index is 926. The van der Waals surface area contributed by atoms with E-state index in [-0.39, 0.29) is 0 Å². The zero-order chi connectivity index (χ0) is 20.1. The molecule has 0 saturated heterocycles. The zero-order valence-electron chi connectivity index (χ0n) is 17.8. The van der Waals surface area contributed by atoms with E-state index in [0.717, 1.165) is 47.1 Å². The van der Waals surface area contributed by atoms with Crippen molar-refractivity contribution in [3.8, 4) is 17.1 Å². The highest BCUT2D eigenvalue weighted by atomic mass is 16.5. The van der Waals surface area contributed by atoms with Gasteiger partial charge in [0.05, 0.1) is 29.4 Å². The highest BCUT2D eigenvalue weighted by molar-refractivity contribution is 6.00. The van der Waals surface area contributed by atoms with Crippen molar-refractivity contribution in [2.75, 3.05) is 6.61 Å². The number of nitrogens with one attached hydrogen (secondary N) is 2. The summed E-state index contributed by atoms with van der Waals surface area (Å²) in [7, 11) is 0. The summed E-state index contributed by atoms with van der Waals surface area (Å²) < 4.78 is 5.93. The smallest absolute Gasteiger partial charge is 0.144 e. The number of hydrogen-bond acceptors (Lipinski definition) is 2. The van der Waals surface area contributed by atoms with Crippen molar-refractivity contribution < 1.29 is 4.74 Å². The van der Waals surface area contributed by atoms with Crippen LogP contribution in [0.4, 0.5) is 0 Å². The summed E-state index contributed by atoms with van der Waals surface area (Å²) in [6.45, 7) is 4.75. The topological polar surface area (TPSA) is 53.2 Å². The number of hydrogen-bond donors (Lipinski definition) is 2. The fraction of sp³-hybridized carbons (Fsp3) is 0.480. The van der Waals surface area contributed by atoms with Crippen LogP contribution in [0.1, 0.15) is 76.1 Å². The SMILES string of the molecule is CCOc1cc(-c2ccc(C)[nH]2)[nH]c1C=C1N=C2C=C1CCCCCCCCC2. The lowest BCUT2D eigenvalue weighted by Crippen LogP contribution is -1.92. The number of ether oxygens (including phenoxy) is 1. The monoisotopic (exact) mass is 391 g/mol. The fourth-order valence-electron chi connectivity index (χ4n) is 4.27. The average Bonchev–Trinajstić information content (AvgIpc) is 3.40. The van der Waals surface area contributed by atoms with Gasteiger partial charge in [0.1, 0.15) is 5.75 Å². The lowest BCUT2D eigenvalue weighted by molar-refractivity contribution is 0.340. The second kappa shape index (κ2) is 9.34. The second-order valence-electron chi connectivity index (χ2n) is 8.23. The van der Waals surface area contributed by atoms with Gasteiger partial charge in [-0.2, -0.15) is 0 Å². The molecule has 0 atom stereocenters. The van der Waals surface area contributed by atoms with Crippen LogP contribution in [0.3, 0.4) is 0 Å². The van der Waals surface area contributed by atoms with E-state index in [2.05, 4.69) is 47.2 Å². The molecular formula is C25H33N3O. The van der Waals surface area contributed by atoms with Crippen molar-refractivity contribution in [2.45, 2.75) is 71.6 Å². The standard InChI is InChI=1S/C25H33N3O/c1-3-29-25-17-23(21-14-13-18(2)26-21)28-24(25)16-22-19-11-9-7-5-4-6-8-10-12-20(15-19)27-22/h13-17,26,28H,3-12H2,1-2H3. The maximum atomic E-state index is 5.93. The predicted octanol–water partition coefficient (Wildman–Crippen LogP) is 6.96. The van der Waals surface area contributed by atoms with Crippen LogP contribution < -0.4 is 4.74 Å². The summed E-state index contributed by atoms with van der Waals surface area (Å²) in [5, 5.41) is 0. The number of H-pyrrole nitrogens is 2. The molecule has 1 aliphatic heterocycles. The molecule has 154 valence electrons. The molecule has 2 aromatic heterocycles. The number of nitrogens with zero attached hydrogens (tertiary/aromatic N) is 1. The number of aromatic amines is 2. The van der Waals surface area contributed by atoms with Crippen LogP contribution in [0.25, 0.3) is 17.5 Å². The Labute approximate surface area is 174 Å². The zero-order valence-corrected chi connectivity index (χ0v) is 17.8. The van der Waals surface area contributed by atoms with Crippen LogP contribution in [0, 0.1) is 6.92 Å². The maximum absolute atomic E-state index is 5.93. The molecule has 0 spiro atoms. The van der Waals surface area contributed by atoms with E-state index >= 15 is 0 Å². The van der Waals surface area contributed by atoms with E-state index in [9.17, 15) is 0 Å². The molecule has 2 bridgehead atoms. The van der Waals surface area contributed by atoms with Crippen molar-refractivity contribution in [3.63, 3.8) is 0 Å². The largest absolute Gasteiger partial charge is 0.492 e. The molecule has 4 nitrogen and oxygen atoms in total. The molecular weight excluding hydrogens is 358 g/mol. The molecule has 0 radical (unpaired) electrons. The Balaban J connectivity index is 1.63. The van der Waals surface area contributed by atoms with E-state index in [1.165, 1.54) is 56.2 Å². The summed E-state index contributed by atoms with van der Waals surface area (Å²) >= 11 is 0. The summed E-state index contributed by atoms with van der Waals surface area (Å²) in [5.74, 6) is 0.892. The molecule has 0 saturated carbocycles. The van der Waals surface area contributed by atoms with Gasteiger partial charge in [-0.3, -0.25) is 4.99 Å². The molecule has 4 heteroatoms. The number of aliphatic imine (C=N–C) groups is 1. The van der Waals surface area contributed by atoms with Crippen LogP contribution >= 0.6 is 0 Å². The first-order valence-electron chi connectivity index (χ1n) is 11.2. The minimum Gasteiger partial charge on any atom is -0.492 e. The lowest BCUT2D eigenvalue weighted by atomic mass is 10.00. The van der Waals surface area contributed by atoms with Gasteiger partial charge in [-0.25, -0.2) is 0 Å². The highest BCUT2D eigenvalue weighted by Gasteiger charge is 2.17. The summed E-state index contributed by atoms with van der Waals surface area (Å²) in [6, 6.07) is 6.29. The molecule has 3 heterocycles. The van der Waals surface area contributed by atoms with Crippen LogP contribution in [0.5, 0.6) is 5.75 Å². The molecule has 1 aliphatic carbocycles. The summed E-state index contributed by atoms with van der Waals surface area (Å²) in [4.78, 5) is 12.0. The van der Waals surface area contributed by atoms with Gasteiger partial charge in [0.25, 0.3) is 0 Å². The van der Waals surface area contributed by atoms with E-state index in [1.54, 1.807) is 0 Å². The molecule has 0 amide bonds. The van der Waals surface area contributed by atoms with Crippen molar-refractivity contribution in [2.24, 2.45) is 4.99 Å². The van der Waals surface area contributed by atoms with Gasteiger partial charge in [0.15, 0.2) is 0 Å². The van der Waals surface area contributed by atoms with Crippen LogP contribution in [-0.4, -0.2) is 22.3 Å². The van der Waals surface area contributed by atoms with Gasteiger partial charge in [0, 0.05) is 17.5 Å². The average molecular weight is 392 g/mol. The minimum atomic E-state index is 0.647. The van der Waals surface area contributed by atoms with Gasteiger partial charge in [-0.15, -0.1) is 0 Å². The van der Waals surface area contributed by atoms with E-state index in [4.69, 9.17) is 9.73 Å². The number of aromatic nitrogens is 2. The van der Waals surface area contributed by atoms with Gasteiger partial charge < -0.3 is 14.7 Å². The minimum absolute atomic E-state index is 0.647. The van der Waals surface area contributed by atoms with Crippen LogP contribution in [0.15, 0.2) is 40.5 Å². The Kier molecular flexibility index (Phi) is 6.38. The van der Waals surface area contributed by atoms with Gasteiger partial charge >= 0.3 is 0 Å². The lowest BCUT2D eigenvalue weighted by Gasteiger charge is -2.06. The summed E-state index contributed by atoms with van der Waals surface area (Å²) in [5.41, 5.74) is 8.03. The third-order valence-corrected chi connectivity index (χ3v) is 5.83. The van der Waals surface area contributed by atoms with Crippen molar-refractivity contribution in [1.29, 1.82) is 0 Å². The Morgan fingerprint density at radius 3 is 2.45 bits per heavy atom. The van der Waals surface area contributed by atoms with Crippen LogP contribution in [-0.2, 0) is 0 Å². The van der Waals surface area contributed by atoms with Crippen LogP contribution in [0.2, 0.25) is 0 Å². The Hall–Kier alpha value is -2.49. The molecule has 2 aromatic rings. The third-order valence-electron chi connectivity index (χ3n) is 5.83. The molecule has 2 N–H and O–H groups in total. The van der Waals surface area contributed by atoms with Gasteiger partial charge in [0.2, 0.25) is 0 Å². The molecule has 0 unspecified atom stereocenters. The predicted molar refractivity (Wildman–Crippen MR) is 122 cm³/mol. The number of aryl methyl sites for hydroxylation is 1. The molecule has 29 heavy (non-hydrogen) atoms. The second-order valence-corrected chi connectivity index (χ2v) is 8.23. The number of allylic oxidation sites excluding steroid dienone is 2. The maximum Gasteiger partial charge on any atom is 0.144 e. The number of fused-ring (bicyclic) bond motifs is 1. The first-order chi connectivity index (χ1) is 14.2. The summed E-state index contributed by atoms with van der Waals surface area (Å²) in [6.07, 6.45) is 16.0. The van der Waals surface area contributed by atoms with Gasteiger partial charge in [-0.1, -0.05) is 32.1 Å².